The van der Waals surface area contributed by atoms with Gasteiger partial charge in [-0.15, -0.1) is 0 Å². The van der Waals surface area contributed by atoms with Crippen molar-refractivity contribution in [2.24, 2.45) is 0 Å². The van der Waals surface area contributed by atoms with Crippen LogP contribution in [0.2, 0.25) is 5.02 Å². The summed E-state index contributed by atoms with van der Waals surface area (Å²) in [5.41, 5.74) is 0.0641. The molecule has 3 rings (SSSR count). The molecule has 2 amide bonds. The molecular weight excluding hydrogens is 476 g/mol. The number of halogens is 1. The van der Waals surface area contributed by atoms with Crippen molar-refractivity contribution in [3.63, 3.8) is 0 Å². The third-order valence-electron chi connectivity index (χ3n) is 4.58. The van der Waals surface area contributed by atoms with Crippen molar-refractivity contribution in [3.8, 4) is 0 Å². The Labute approximate surface area is 195 Å². The number of benzene rings is 1. The monoisotopic (exact) mass is 492 g/mol. The number of hydrogen-bond donors (Lipinski definition) is 2. The van der Waals surface area contributed by atoms with Crippen molar-refractivity contribution in [2.75, 3.05) is 13.1 Å². The average Bonchev–Trinajstić information content (AvgIpc) is 3.35. The Morgan fingerprint density at radius 3 is 2.41 bits per heavy atom. The molecule has 15 nitrogen and oxygen atoms in total. The van der Waals surface area contributed by atoms with Crippen molar-refractivity contribution in [2.45, 2.75) is 20.4 Å². The molecule has 0 bridgehead atoms. The van der Waals surface area contributed by atoms with Crippen LogP contribution in [0.1, 0.15) is 38.3 Å². The van der Waals surface area contributed by atoms with Gasteiger partial charge in [0, 0.05) is 24.7 Å². The summed E-state index contributed by atoms with van der Waals surface area (Å²) in [6.07, 6.45) is 0. The van der Waals surface area contributed by atoms with Gasteiger partial charge < -0.3 is 15.2 Å². The van der Waals surface area contributed by atoms with E-state index in [2.05, 4.69) is 25.9 Å². The standard InChI is InChI=1S/C18H17ClN8O7/c1-9-15(27(32)33)10(2)25(23-9)8-14-22-18(34-24-14)17(29)21-6-5-20-16(28)11-3-4-12(19)13(7-11)26(30)31/h3-4,7H,5-6,8H2,1-2H3,(H,20,28)(H,21,29). The van der Waals surface area contributed by atoms with Crippen molar-refractivity contribution >= 4 is 34.8 Å². The number of rotatable bonds is 9. The van der Waals surface area contributed by atoms with Gasteiger partial charge >= 0.3 is 17.5 Å². The van der Waals surface area contributed by atoms with Crippen molar-refractivity contribution in [1.82, 2.24) is 30.6 Å². The maximum atomic E-state index is 12.2. The van der Waals surface area contributed by atoms with E-state index in [1.54, 1.807) is 0 Å². The molecule has 16 heteroatoms. The van der Waals surface area contributed by atoms with Gasteiger partial charge in [-0.2, -0.15) is 10.1 Å². The van der Waals surface area contributed by atoms with Crippen molar-refractivity contribution < 1.29 is 24.0 Å². The van der Waals surface area contributed by atoms with Crippen LogP contribution >= 0.6 is 11.6 Å². The van der Waals surface area contributed by atoms with E-state index < -0.39 is 27.3 Å². The molecule has 0 unspecified atom stereocenters. The Kier molecular flexibility index (Phi) is 7.15. The summed E-state index contributed by atoms with van der Waals surface area (Å²) in [5, 5.41) is 34.6. The average molecular weight is 493 g/mol. The minimum absolute atomic E-state index is 0.00161. The molecular formula is C18H17ClN8O7. The first-order valence-electron chi connectivity index (χ1n) is 9.59. The molecule has 2 aromatic heterocycles. The Morgan fingerprint density at radius 2 is 1.79 bits per heavy atom. The SMILES string of the molecule is Cc1nn(Cc2noc(C(=O)NCCNC(=O)c3ccc(Cl)c([N+](=O)[O-])c3)n2)c(C)c1[N+](=O)[O-]. The number of nitrogens with zero attached hydrogens (tertiary/aromatic N) is 6. The van der Waals surface area contributed by atoms with Gasteiger partial charge in [0.15, 0.2) is 5.82 Å². The second-order valence-electron chi connectivity index (χ2n) is 6.89. The van der Waals surface area contributed by atoms with E-state index >= 15 is 0 Å². The predicted octanol–water partition coefficient (Wildman–Crippen LogP) is 1.56. The summed E-state index contributed by atoms with van der Waals surface area (Å²) in [4.78, 5) is 49.0. The number of aromatic nitrogens is 4. The summed E-state index contributed by atoms with van der Waals surface area (Å²) >= 11 is 5.72. The van der Waals surface area contributed by atoms with Gasteiger partial charge in [-0.1, -0.05) is 16.8 Å². The number of carbonyl (C=O) groups is 2. The van der Waals surface area contributed by atoms with Crippen LogP contribution < -0.4 is 10.6 Å². The Morgan fingerprint density at radius 1 is 1.12 bits per heavy atom. The van der Waals surface area contributed by atoms with Crippen LogP contribution in [0.15, 0.2) is 22.7 Å². The number of nitro groups is 2. The van der Waals surface area contributed by atoms with E-state index in [1.165, 1.54) is 30.7 Å². The minimum atomic E-state index is -0.700. The molecule has 0 saturated carbocycles. The number of nitrogens with one attached hydrogen (secondary N) is 2. The first kappa shape index (κ1) is 24.2. The van der Waals surface area contributed by atoms with E-state index in [1.807, 2.05) is 0 Å². The molecule has 2 N–H and O–H groups in total. The van der Waals surface area contributed by atoms with E-state index in [0.717, 1.165) is 6.07 Å². The van der Waals surface area contributed by atoms with Crippen molar-refractivity contribution in [1.29, 1.82) is 0 Å². The van der Waals surface area contributed by atoms with Crippen LogP contribution in [0.3, 0.4) is 0 Å². The largest absolute Gasteiger partial charge is 0.350 e. The van der Waals surface area contributed by atoms with Crippen LogP contribution in [-0.4, -0.2) is 54.7 Å². The number of aryl methyl sites for hydroxylation is 1. The fraction of sp³-hybridized carbons (Fsp3) is 0.278. The number of nitro benzene ring substituents is 1. The third kappa shape index (κ3) is 5.32. The minimum Gasteiger partial charge on any atom is -0.350 e. The zero-order valence-corrected chi connectivity index (χ0v) is 18.5. The van der Waals surface area contributed by atoms with Gasteiger partial charge in [-0.25, -0.2) is 0 Å². The Bertz CT molecular complexity index is 1290. The zero-order valence-electron chi connectivity index (χ0n) is 17.8. The maximum absolute atomic E-state index is 12.2. The van der Waals surface area contributed by atoms with Crippen LogP contribution in [0.5, 0.6) is 0 Å². The van der Waals surface area contributed by atoms with Crippen LogP contribution in [0.25, 0.3) is 0 Å². The lowest BCUT2D eigenvalue weighted by molar-refractivity contribution is -0.386. The van der Waals surface area contributed by atoms with Gasteiger partial charge in [0.2, 0.25) is 0 Å². The molecule has 178 valence electrons. The molecule has 1 aromatic carbocycles. The summed E-state index contributed by atoms with van der Waals surface area (Å²) in [7, 11) is 0. The molecule has 0 aliphatic carbocycles. The fourth-order valence-corrected chi connectivity index (χ4v) is 3.16. The predicted molar refractivity (Wildman–Crippen MR) is 115 cm³/mol. The van der Waals surface area contributed by atoms with Crippen LogP contribution in [0.4, 0.5) is 11.4 Å². The quantitative estimate of drug-likeness (QED) is 0.250. The second-order valence-corrected chi connectivity index (χ2v) is 7.29. The van der Waals surface area contributed by atoms with Crippen LogP contribution in [0, 0.1) is 34.1 Å². The summed E-state index contributed by atoms with van der Waals surface area (Å²) in [6.45, 7) is 3.01. The zero-order chi connectivity index (χ0) is 25.0. The smallest absolute Gasteiger partial charge is 0.316 e. The Hall–Kier alpha value is -4.40. The van der Waals surface area contributed by atoms with Gasteiger partial charge in [0.1, 0.15) is 23.0 Å². The summed E-state index contributed by atoms with van der Waals surface area (Å²) in [6, 6.07) is 3.63. The number of hydrogen-bond acceptors (Lipinski definition) is 10. The summed E-state index contributed by atoms with van der Waals surface area (Å²) < 4.78 is 6.24. The molecule has 0 fully saturated rings. The van der Waals surface area contributed by atoms with E-state index in [9.17, 15) is 29.8 Å². The van der Waals surface area contributed by atoms with Gasteiger partial charge in [0.25, 0.3) is 11.6 Å². The fourth-order valence-electron chi connectivity index (χ4n) is 2.97. The Balaban J connectivity index is 1.52. The highest BCUT2D eigenvalue weighted by atomic mass is 35.5. The molecule has 0 spiro atoms. The number of amides is 2. The lowest BCUT2D eigenvalue weighted by Crippen LogP contribution is -2.34. The lowest BCUT2D eigenvalue weighted by atomic mass is 10.2. The maximum Gasteiger partial charge on any atom is 0.316 e. The molecule has 0 aliphatic heterocycles. The highest BCUT2D eigenvalue weighted by molar-refractivity contribution is 6.32. The van der Waals surface area contributed by atoms with E-state index in [4.69, 9.17) is 16.1 Å². The molecule has 34 heavy (non-hydrogen) atoms. The molecule has 3 aromatic rings. The summed E-state index contributed by atoms with van der Waals surface area (Å²) in [5.74, 6) is -1.54. The van der Waals surface area contributed by atoms with Gasteiger partial charge in [0.05, 0.1) is 9.85 Å². The molecule has 0 aliphatic rings. The number of carbonyl (C=O) groups excluding carboxylic acids is 2. The lowest BCUT2D eigenvalue weighted by Gasteiger charge is -2.06. The highest BCUT2D eigenvalue weighted by Crippen LogP contribution is 2.25. The molecule has 0 radical (unpaired) electrons. The first-order valence-corrected chi connectivity index (χ1v) is 9.97. The van der Waals surface area contributed by atoms with Crippen molar-refractivity contribution in [3.05, 3.63) is 72.1 Å². The molecule has 0 atom stereocenters. The third-order valence-corrected chi connectivity index (χ3v) is 4.90. The highest BCUT2D eigenvalue weighted by Gasteiger charge is 2.23. The first-order chi connectivity index (χ1) is 16.1. The second kappa shape index (κ2) is 10.0. The van der Waals surface area contributed by atoms with Crippen LogP contribution in [-0.2, 0) is 6.54 Å². The van der Waals surface area contributed by atoms with Gasteiger partial charge in [-0.3, -0.25) is 34.5 Å². The topological polar surface area (TPSA) is 201 Å². The normalized spacial score (nSPS) is 10.7. The van der Waals surface area contributed by atoms with E-state index in [0.29, 0.717) is 5.69 Å². The molecule has 0 saturated heterocycles. The van der Waals surface area contributed by atoms with Gasteiger partial charge in [-0.05, 0) is 26.0 Å². The van der Waals surface area contributed by atoms with E-state index in [-0.39, 0.29) is 53.3 Å². The molecule has 2 heterocycles.